The number of rotatable bonds is 4. The summed E-state index contributed by atoms with van der Waals surface area (Å²) in [6, 6.07) is 7.40. The normalized spacial score (nSPS) is 10.8. The highest BCUT2D eigenvalue weighted by Crippen LogP contribution is 2.19. The second kappa shape index (κ2) is 6.27. The van der Waals surface area contributed by atoms with Crippen LogP contribution in [0.4, 0.5) is 5.69 Å². The van der Waals surface area contributed by atoms with Gasteiger partial charge in [0.15, 0.2) is 0 Å². The molecule has 5 nitrogen and oxygen atoms in total. The molecule has 0 saturated carbocycles. The number of halogens is 1. The number of carbonyl (C=O) groups excluding carboxylic acids is 1. The first-order chi connectivity index (χ1) is 10.7. The molecule has 0 aliphatic heterocycles. The van der Waals surface area contributed by atoms with Crippen LogP contribution in [0.15, 0.2) is 47.3 Å². The van der Waals surface area contributed by atoms with Gasteiger partial charge in [0.1, 0.15) is 11.3 Å². The number of carbonyl (C=O) groups is 1. The number of hydrogen-bond donors (Lipinski definition) is 1. The minimum absolute atomic E-state index is 0.179. The first kappa shape index (κ1) is 14.7. The Balaban J connectivity index is 2.05. The molecule has 6 heteroatoms. The molecule has 3 rings (SSSR count). The minimum Gasteiger partial charge on any atom is -0.319 e. The molecule has 0 atom stereocenters. The van der Waals surface area contributed by atoms with Gasteiger partial charge >= 0.3 is 0 Å². The summed E-state index contributed by atoms with van der Waals surface area (Å²) < 4.78 is 2.72. The Kier molecular flexibility index (Phi) is 4.20. The lowest BCUT2D eigenvalue weighted by Crippen LogP contribution is -2.16. The Hall–Kier alpha value is -2.21. The Labute approximate surface area is 136 Å². The van der Waals surface area contributed by atoms with Crippen LogP contribution >= 0.6 is 15.9 Å². The summed E-state index contributed by atoms with van der Waals surface area (Å²) in [5.74, 6) is -0.179. The molecule has 0 fully saturated rings. The van der Waals surface area contributed by atoms with Crippen LogP contribution in [0.25, 0.3) is 5.65 Å². The van der Waals surface area contributed by atoms with Crippen LogP contribution in [-0.4, -0.2) is 20.3 Å². The molecule has 0 spiro atoms. The highest BCUT2D eigenvalue weighted by atomic mass is 79.9. The van der Waals surface area contributed by atoms with Gasteiger partial charge in [-0.15, -0.1) is 0 Å². The third-order valence-electron chi connectivity index (χ3n) is 3.28. The van der Waals surface area contributed by atoms with E-state index in [9.17, 15) is 4.79 Å². The second-order valence-electron chi connectivity index (χ2n) is 4.93. The molecule has 3 heterocycles. The van der Waals surface area contributed by atoms with Crippen molar-refractivity contribution in [3.63, 3.8) is 0 Å². The molecule has 22 heavy (non-hydrogen) atoms. The first-order valence-corrected chi connectivity index (χ1v) is 7.86. The SMILES string of the molecule is CCCc1nc2ccc(Br)cn2c1C(=O)Nc1cccnc1. The maximum Gasteiger partial charge on any atom is 0.274 e. The van der Waals surface area contributed by atoms with E-state index in [1.165, 1.54) is 0 Å². The molecular weight excluding hydrogens is 344 g/mol. The third kappa shape index (κ3) is 2.87. The summed E-state index contributed by atoms with van der Waals surface area (Å²) >= 11 is 3.44. The lowest BCUT2D eigenvalue weighted by Gasteiger charge is -2.06. The fraction of sp³-hybridized carbons (Fsp3) is 0.188. The van der Waals surface area contributed by atoms with Gasteiger partial charge in [-0.2, -0.15) is 0 Å². The highest BCUT2D eigenvalue weighted by molar-refractivity contribution is 9.10. The minimum atomic E-state index is -0.179. The van der Waals surface area contributed by atoms with E-state index >= 15 is 0 Å². The van der Waals surface area contributed by atoms with Crippen molar-refractivity contribution >= 4 is 33.2 Å². The molecule has 0 radical (unpaired) electrons. The summed E-state index contributed by atoms with van der Waals surface area (Å²) in [6.45, 7) is 2.07. The third-order valence-corrected chi connectivity index (χ3v) is 3.75. The van der Waals surface area contributed by atoms with E-state index in [1.54, 1.807) is 18.5 Å². The summed E-state index contributed by atoms with van der Waals surface area (Å²) in [5.41, 5.74) is 2.81. The summed E-state index contributed by atoms with van der Waals surface area (Å²) in [7, 11) is 0. The average Bonchev–Trinajstić information content (AvgIpc) is 2.86. The van der Waals surface area contributed by atoms with Gasteiger partial charge in [0.05, 0.1) is 17.6 Å². The standard InChI is InChI=1S/C16H15BrN4O/c1-2-4-13-15(16(22)19-12-5-3-8-18-9-12)21-10-11(17)6-7-14(21)20-13/h3,5-10H,2,4H2,1H3,(H,19,22). The van der Waals surface area contributed by atoms with Gasteiger partial charge in [0, 0.05) is 16.9 Å². The van der Waals surface area contributed by atoms with E-state index in [0.717, 1.165) is 28.7 Å². The Bertz CT molecular complexity index is 814. The molecular formula is C16H15BrN4O. The van der Waals surface area contributed by atoms with E-state index in [2.05, 4.69) is 38.1 Å². The molecule has 0 aliphatic rings. The smallest absolute Gasteiger partial charge is 0.274 e. The van der Waals surface area contributed by atoms with Crippen LogP contribution in [0, 0.1) is 0 Å². The Morgan fingerprint density at radius 2 is 2.23 bits per heavy atom. The molecule has 0 unspecified atom stereocenters. The fourth-order valence-electron chi connectivity index (χ4n) is 2.35. The quantitative estimate of drug-likeness (QED) is 0.773. The Morgan fingerprint density at radius 3 is 2.95 bits per heavy atom. The lowest BCUT2D eigenvalue weighted by molar-refractivity contribution is 0.102. The van der Waals surface area contributed by atoms with Crippen molar-refractivity contribution in [2.24, 2.45) is 0 Å². The number of hydrogen-bond acceptors (Lipinski definition) is 3. The molecule has 1 amide bonds. The molecule has 112 valence electrons. The van der Waals surface area contributed by atoms with Crippen LogP contribution in [0.2, 0.25) is 0 Å². The zero-order valence-electron chi connectivity index (χ0n) is 12.1. The number of aromatic nitrogens is 3. The van der Waals surface area contributed by atoms with Gasteiger partial charge in [-0.25, -0.2) is 4.98 Å². The van der Waals surface area contributed by atoms with Crippen molar-refractivity contribution < 1.29 is 4.79 Å². The van der Waals surface area contributed by atoms with Gasteiger partial charge in [-0.3, -0.25) is 14.2 Å². The van der Waals surface area contributed by atoms with E-state index in [-0.39, 0.29) is 5.91 Å². The number of imidazole rings is 1. The van der Waals surface area contributed by atoms with Crippen LogP contribution in [-0.2, 0) is 6.42 Å². The van der Waals surface area contributed by atoms with Gasteiger partial charge in [-0.05, 0) is 46.6 Å². The van der Waals surface area contributed by atoms with Crippen LogP contribution in [0.1, 0.15) is 29.5 Å². The van der Waals surface area contributed by atoms with E-state index in [0.29, 0.717) is 11.4 Å². The van der Waals surface area contributed by atoms with E-state index in [1.807, 2.05) is 28.8 Å². The summed E-state index contributed by atoms with van der Waals surface area (Å²) in [5, 5.41) is 2.88. The number of fused-ring (bicyclic) bond motifs is 1. The predicted octanol–water partition coefficient (Wildman–Crippen LogP) is 3.70. The van der Waals surface area contributed by atoms with Crippen molar-refractivity contribution in [2.45, 2.75) is 19.8 Å². The van der Waals surface area contributed by atoms with Gasteiger partial charge in [0.25, 0.3) is 5.91 Å². The van der Waals surface area contributed by atoms with Gasteiger partial charge < -0.3 is 5.32 Å². The maximum absolute atomic E-state index is 12.7. The number of nitrogens with one attached hydrogen (secondary N) is 1. The molecule has 0 saturated heterocycles. The number of pyridine rings is 2. The summed E-state index contributed by atoms with van der Waals surface area (Å²) in [6.07, 6.45) is 6.84. The van der Waals surface area contributed by atoms with E-state index < -0.39 is 0 Å². The summed E-state index contributed by atoms with van der Waals surface area (Å²) in [4.78, 5) is 21.3. The van der Waals surface area contributed by atoms with E-state index in [4.69, 9.17) is 0 Å². The van der Waals surface area contributed by atoms with Crippen LogP contribution in [0.3, 0.4) is 0 Å². The fourth-order valence-corrected chi connectivity index (χ4v) is 2.68. The maximum atomic E-state index is 12.7. The van der Waals surface area contributed by atoms with Crippen LogP contribution in [0.5, 0.6) is 0 Å². The number of aryl methyl sites for hydroxylation is 1. The zero-order valence-corrected chi connectivity index (χ0v) is 13.7. The molecule has 3 aromatic rings. The van der Waals surface area contributed by atoms with Crippen LogP contribution < -0.4 is 5.32 Å². The monoisotopic (exact) mass is 358 g/mol. The molecule has 3 aromatic heterocycles. The number of anilines is 1. The molecule has 0 bridgehead atoms. The average molecular weight is 359 g/mol. The highest BCUT2D eigenvalue weighted by Gasteiger charge is 2.19. The van der Waals surface area contributed by atoms with Gasteiger partial charge in [-0.1, -0.05) is 13.3 Å². The second-order valence-corrected chi connectivity index (χ2v) is 5.84. The van der Waals surface area contributed by atoms with Crippen molar-refractivity contribution in [3.05, 3.63) is 58.7 Å². The first-order valence-electron chi connectivity index (χ1n) is 7.07. The zero-order chi connectivity index (χ0) is 15.5. The molecule has 0 aliphatic carbocycles. The Morgan fingerprint density at radius 1 is 1.36 bits per heavy atom. The largest absolute Gasteiger partial charge is 0.319 e. The van der Waals surface area contributed by atoms with Crippen molar-refractivity contribution in [2.75, 3.05) is 5.32 Å². The predicted molar refractivity (Wildman–Crippen MR) is 89.1 cm³/mol. The molecule has 0 aromatic carbocycles. The van der Waals surface area contributed by atoms with Crippen molar-refractivity contribution in [3.8, 4) is 0 Å². The van der Waals surface area contributed by atoms with Crippen molar-refractivity contribution in [1.82, 2.24) is 14.4 Å². The topological polar surface area (TPSA) is 59.3 Å². The van der Waals surface area contributed by atoms with Crippen molar-refractivity contribution in [1.29, 1.82) is 0 Å². The lowest BCUT2D eigenvalue weighted by atomic mass is 10.2. The number of nitrogens with zero attached hydrogens (tertiary/aromatic N) is 3. The van der Waals surface area contributed by atoms with Gasteiger partial charge in [0.2, 0.25) is 0 Å². The number of amides is 1. The molecule has 1 N–H and O–H groups in total.